The molecule has 0 aliphatic heterocycles. The van der Waals surface area contributed by atoms with E-state index >= 15 is 0 Å². The van der Waals surface area contributed by atoms with Gasteiger partial charge in [-0.3, -0.25) is 10.1 Å². The second-order valence-corrected chi connectivity index (χ2v) is 7.05. The van der Waals surface area contributed by atoms with E-state index in [0.29, 0.717) is 30.7 Å². The van der Waals surface area contributed by atoms with E-state index in [1.807, 2.05) is 0 Å². The number of rotatable bonds is 5. The van der Waals surface area contributed by atoms with Crippen LogP contribution in [0, 0.1) is 10.1 Å². The quantitative estimate of drug-likeness (QED) is 0.398. The molecule has 0 saturated heterocycles. The molecule has 0 radical (unpaired) electrons. The fraction of sp³-hybridized carbons (Fsp3) is 0.273. The Kier molecular flexibility index (Phi) is 3.44. The molecule has 0 aromatic heterocycles. The van der Waals surface area contributed by atoms with Gasteiger partial charge in [0.2, 0.25) is 9.84 Å². The van der Waals surface area contributed by atoms with Gasteiger partial charge in [0.25, 0.3) is 5.69 Å². The van der Waals surface area contributed by atoms with Crippen molar-refractivity contribution in [3.8, 4) is 0 Å². The maximum atomic E-state index is 13.7. The lowest BCUT2D eigenvalue weighted by molar-refractivity contribution is -0.384. The van der Waals surface area contributed by atoms with Crippen LogP contribution in [0.3, 0.4) is 0 Å². The van der Waals surface area contributed by atoms with Gasteiger partial charge in [-0.2, -0.15) is 0 Å². The van der Waals surface area contributed by atoms with Gasteiger partial charge in [-0.1, -0.05) is 19.4 Å². The zero-order valence-corrected chi connectivity index (χ0v) is 10.9. The smallest absolute Gasteiger partial charge is 0.258 e. The minimum atomic E-state index is -8.50. The molecular weight excluding hydrogens is 286 g/mol. The van der Waals surface area contributed by atoms with Crippen molar-refractivity contribution in [1.82, 2.24) is 0 Å². The predicted molar refractivity (Wildman–Crippen MR) is 67.4 cm³/mol. The lowest BCUT2D eigenvalue weighted by Gasteiger charge is -2.47. The van der Waals surface area contributed by atoms with Gasteiger partial charge < -0.3 is 0 Å². The van der Waals surface area contributed by atoms with Gasteiger partial charge in [0.05, 0.1) is 9.82 Å². The summed E-state index contributed by atoms with van der Waals surface area (Å²) in [4.78, 5) is 8.03. The fourth-order valence-electron chi connectivity index (χ4n) is 1.36. The van der Waals surface area contributed by atoms with Crippen molar-refractivity contribution in [1.29, 1.82) is 0 Å². The molecule has 0 aliphatic rings. The number of halogens is 4. The Labute approximate surface area is 107 Å². The van der Waals surface area contributed by atoms with Crippen molar-refractivity contribution >= 4 is 15.5 Å². The summed E-state index contributed by atoms with van der Waals surface area (Å²) in [6, 6.07) is 2.08. The SMILES string of the molecule is CCC/C=C/S(F)(F)(F)(F)c1ccc([N+](=O)[O-])cc1. The normalized spacial score (nSPS) is 16.1. The number of benzene rings is 1. The number of unbranched alkanes of at least 4 members (excludes halogenated alkanes) is 1. The molecule has 0 unspecified atom stereocenters. The van der Waals surface area contributed by atoms with Gasteiger partial charge in [-0.15, -0.1) is 15.5 Å². The summed E-state index contributed by atoms with van der Waals surface area (Å²) < 4.78 is 54.9. The zero-order valence-electron chi connectivity index (χ0n) is 10.1. The van der Waals surface area contributed by atoms with Crippen molar-refractivity contribution in [3.05, 3.63) is 45.9 Å². The molecule has 0 saturated carbocycles. The van der Waals surface area contributed by atoms with E-state index in [9.17, 15) is 25.7 Å². The average molecular weight is 299 g/mol. The molecule has 1 aromatic carbocycles. The molecular formula is C11H13F4NO2S. The van der Waals surface area contributed by atoms with E-state index in [1.54, 1.807) is 6.92 Å². The summed E-state index contributed by atoms with van der Waals surface area (Å²) in [7, 11) is -8.50. The van der Waals surface area contributed by atoms with Gasteiger partial charge in [-0.05, 0) is 18.6 Å². The number of allylic oxidation sites excluding steroid dienone is 1. The molecule has 1 rings (SSSR count). The summed E-state index contributed by atoms with van der Waals surface area (Å²) >= 11 is 0. The summed E-state index contributed by atoms with van der Waals surface area (Å²) in [5.74, 6) is 0. The number of hydrogen-bond donors (Lipinski definition) is 0. The largest absolute Gasteiger partial charge is 0.269 e. The first-order chi connectivity index (χ1) is 8.49. The van der Waals surface area contributed by atoms with E-state index in [0.717, 1.165) is 6.08 Å². The summed E-state index contributed by atoms with van der Waals surface area (Å²) in [6.45, 7) is 1.67. The van der Waals surface area contributed by atoms with Crippen LogP contribution in [0.2, 0.25) is 0 Å². The van der Waals surface area contributed by atoms with Crippen LogP contribution < -0.4 is 0 Å². The molecule has 0 N–H and O–H groups in total. The van der Waals surface area contributed by atoms with E-state index in [4.69, 9.17) is 0 Å². The Morgan fingerprint density at radius 2 is 1.74 bits per heavy atom. The van der Waals surface area contributed by atoms with E-state index in [1.165, 1.54) is 0 Å². The maximum Gasteiger partial charge on any atom is 0.269 e. The monoisotopic (exact) mass is 299 g/mol. The second-order valence-electron chi connectivity index (χ2n) is 4.04. The number of nitro benzene ring substituents is 1. The number of nitro groups is 1. The Balaban J connectivity index is 3.26. The van der Waals surface area contributed by atoms with Crippen LogP contribution in [0.25, 0.3) is 0 Å². The van der Waals surface area contributed by atoms with Crippen LogP contribution in [0.1, 0.15) is 19.8 Å². The van der Waals surface area contributed by atoms with Crippen molar-refractivity contribution in [2.75, 3.05) is 0 Å². The van der Waals surface area contributed by atoms with Crippen molar-refractivity contribution < 1.29 is 20.5 Å². The standard InChI is InChI=1S/C11H13F4NO2S/c1-2-3-4-9-19(12,13,14,15)11-7-5-10(6-8-11)16(17)18/h4-9H,2-3H2,1H3/b9-4+. The average Bonchev–Trinajstić information content (AvgIpc) is 2.28. The molecule has 19 heavy (non-hydrogen) atoms. The Morgan fingerprint density at radius 3 is 2.16 bits per heavy atom. The van der Waals surface area contributed by atoms with Gasteiger partial charge >= 0.3 is 0 Å². The lowest BCUT2D eigenvalue weighted by Crippen LogP contribution is -2.10. The van der Waals surface area contributed by atoms with Crippen LogP contribution >= 0.6 is 9.84 Å². The highest BCUT2D eigenvalue weighted by Gasteiger charge is 2.62. The van der Waals surface area contributed by atoms with Crippen LogP contribution in [-0.2, 0) is 0 Å². The van der Waals surface area contributed by atoms with Crippen molar-refractivity contribution in [3.63, 3.8) is 0 Å². The molecule has 108 valence electrons. The highest BCUT2D eigenvalue weighted by molar-refractivity contribution is 8.52. The summed E-state index contributed by atoms with van der Waals surface area (Å²) in [6.07, 6.45) is 1.31. The van der Waals surface area contributed by atoms with Crippen LogP contribution in [0.4, 0.5) is 21.2 Å². The molecule has 0 fully saturated rings. The third kappa shape index (κ3) is 3.69. The highest BCUT2D eigenvalue weighted by atomic mass is 32.5. The van der Waals surface area contributed by atoms with Gasteiger partial charge in [-0.25, -0.2) is 0 Å². The van der Waals surface area contributed by atoms with Crippen molar-refractivity contribution in [2.24, 2.45) is 0 Å². The third-order valence-electron chi connectivity index (χ3n) is 2.37. The van der Waals surface area contributed by atoms with Crippen molar-refractivity contribution in [2.45, 2.75) is 24.7 Å². The van der Waals surface area contributed by atoms with Crippen LogP contribution in [0.5, 0.6) is 0 Å². The lowest BCUT2D eigenvalue weighted by atomic mass is 10.3. The molecule has 0 spiro atoms. The van der Waals surface area contributed by atoms with E-state index in [-0.39, 0.29) is 11.8 Å². The molecule has 0 aliphatic carbocycles. The molecule has 0 bridgehead atoms. The molecule has 3 nitrogen and oxygen atoms in total. The van der Waals surface area contributed by atoms with Crippen LogP contribution in [0.15, 0.2) is 40.6 Å². The second kappa shape index (κ2) is 4.22. The Bertz CT molecular complexity index is 521. The minimum absolute atomic E-state index is 0.106. The molecule has 8 heteroatoms. The molecule has 0 heterocycles. The third-order valence-corrected chi connectivity index (χ3v) is 4.36. The number of nitrogens with zero attached hydrogens (tertiary/aromatic N) is 1. The topological polar surface area (TPSA) is 43.1 Å². The van der Waals surface area contributed by atoms with Crippen LogP contribution in [-0.4, -0.2) is 4.92 Å². The zero-order chi connectivity index (χ0) is 14.8. The van der Waals surface area contributed by atoms with Gasteiger partial charge in [0.1, 0.15) is 0 Å². The Hall–Kier alpha value is -1.57. The highest BCUT2D eigenvalue weighted by Crippen LogP contribution is 3.01. The van der Waals surface area contributed by atoms with E-state index in [2.05, 4.69) is 0 Å². The molecule has 0 amide bonds. The van der Waals surface area contributed by atoms with E-state index < -0.39 is 25.3 Å². The first-order valence-corrected chi connectivity index (χ1v) is 7.53. The first-order valence-electron chi connectivity index (χ1n) is 5.42. The first kappa shape index (κ1) is 15.5. The Morgan fingerprint density at radius 1 is 1.21 bits per heavy atom. The van der Waals surface area contributed by atoms with Gasteiger partial charge in [0.15, 0.2) is 0 Å². The fourth-order valence-corrected chi connectivity index (χ4v) is 2.74. The molecule has 0 atom stereocenters. The summed E-state index contributed by atoms with van der Waals surface area (Å²) in [5, 5.41) is 10.0. The maximum absolute atomic E-state index is 13.7. The number of hydrogen-bond acceptors (Lipinski definition) is 2. The molecule has 1 aromatic rings. The predicted octanol–water partition coefficient (Wildman–Crippen LogP) is 5.68. The summed E-state index contributed by atoms with van der Waals surface area (Å²) in [5.41, 5.74) is -0.519. The van der Waals surface area contributed by atoms with Gasteiger partial charge in [0, 0.05) is 17.5 Å². The minimum Gasteiger partial charge on any atom is -0.258 e. The number of non-ortho nitro benzene ring substituents is 1.